The fraction of sp³-hybridized carbons (Fsp3) is 0.643. The van der Waals surface area contributed by atoms with Gasteiger partial charge < -0.3 is 10.1 Å². The Kier molecular flexibility index (Phi) is 4.71. The Morgan fingerprint density at radius 2 is 2.11 bits per heavy atom. The summed E-state index contributed by atoms with van der Waals surface area (Å²) in [5.74, 6) is 0.817. The maximum Gasteiger partial charge on any atom is 0.358 e. The summed E-state index contributed by atoms with van der Waals surface area (Å²) < 4.78 is 4.65. The number of nitrogens with zero attached hydrogens (tertiary/aromatic N) is 2. The van der Waals surface area contributed by atoms with Crippen LogP contribution in [-0.2, 0) is 4.74 Å². The molecule has 1 fully saturated rings. The van der Waals surface area contributed by atoms with Crippen LogP contribution in [0.25, 0.3) is 0 Å². The summed E-state index contributed by atoms with van der Waals surface area (Å²) in [5.41, 5.74) is 0.244. The molecule has 1 aromatic rings. The molecule has 0 radical (unpaired) electrons. The van der Waals surface area contributed by atoms with Crippen molar-refractivity contribution in [3.63, 3.8) is 0 Å². The number of ether oxygens (including phenoxy) is 1. The van der Waals surface area contributed by atoms with Gasteiger partial charge in [0.05, 0.1) is 19.5 Å². The topological polar surface area (TPSA) is 64.1 Å². The van der Waals surface area contributed by atoms with Crippen molar-refractivity contribution in [2.24, 2.45) is 5.92 Å². The maximum atomic E-state index is 11.4. The summed E-state index contributed by atoms with van der Waals surface area (Å²) in [6.45, 7) is 2.26. The monoisotopic (exact) mass is 263 g/mol. The summed E-state index contributed by atoms with van der Waals surface area (Å²) in [6.07, 6.45) is 9.31. The van der Waals surface area contributed by atoms with Crippen LogP contribution in [-0.4, -0.2) is 29.1 Å². The van der Waals surface area contributed by atoms with Crippen LogP contribution in [0.3, 0.4) is 0 Å². The van der Waals surface area contributed by atoms with Crippen molar-refractivity contribution in [2.75, 3.05) is 12.4 Å². The van der Waals surface area contributed by atoms with E-state index in [1.54, 1.807) is 6.20 Å². The van der Waals surface area contributed by atoms with Gasteiger partial charge in [0.25, 0.3) is 0 Å². The van der Waals surface area contributed by atoms with Crippen LogP contribution in [0.1, 0.15) is 49.5 Å². The molecule has 0 amide bonds. The van der Waals surface area contributed by atoms with Crippen LogP contribution in [0.4, 0.5) is 5.82 Å². The van der Waals surface area contributed by atoms with Crippen molar-refractivity contribution in [1.82, 2.24) is 9.97 Å². The summed E-state index contributed by atoms with van der Waals surface area (Å²) in [4.78, 5) is 19.7. The molecule has 19 heavy (non-hydrogen) atoms. The first-order chi connectivity index (χ1) is 9.20. The van der Waals surface area contributed by atoms with Gasteiger partial charge in [0.2, 0.25) is 0 Å². The lowest BCUT2D eigenvalue weighted by atomic mass is 9.97. The number of esters is 1. The molecule has 104 valence electrons. The normalized spacial score (nSPS) is 23.5. The molecule has 0 spiro atoms. The highest BCUT2D eigenvalue weighted by atomic mass is 16.5. The predicted molar refractivity (Wildman–Crippen MR) is 73.0 cm³/mol. The van der Waals surface area contributed by atoms with E-state index >= 15 is 0 Å². The zero-order valence-electron chi connectivity index (χ0n) is 11.6. The molecular weight excluding hydrogens is 242 g/mol. The van der Waals surface area contributed by atoms with Gasteiger partial charge in [0, 0.05) is 6.04 Å². The molecule has 1 heterocycles. The number of anilines is 1. The molecule has 5 heteroatoms. The summed E-state index contributed by atoms with van der Waals surface area (Å²) in [5, 5.41) is 3.41. The van der Waals surface area contributed by atoms with Crippen LogP contribution in [0.5, 0.6) is 0 Å². The minimum Gasteiger partial charge on any atom is -0.464 e. The first-order valence-electron chi connectivity index (χ1n) is 6.87. The average Bonchev–Trinajstić information content (AvgIpc) is 2.64. The van der Waals surface area contributed by atoms with Gasteiger partial charge in [-0.15, -0.1) is 0 Å². The van der Waals surface area contributed by atoms with Gasteiger partial charge in [0.15, 0.2) is 5.69 Å². The van der Waals surface area contributed by atoms with E-state index in [9.17, 15) is 4.79 Å². The lowest BCUT2D eigenvalue weighted by Gasteiger charge is -2.23. The second-order valence-corrected chi connectivity index (χ2v) is 5.15. The van der Waals surface area contributed by atoms with Gasteiger partial charge in [0.1, 0.15) is 5.82 Å². The number of nitrogens with one attached hydrogen (secondary N) is 1. The first-order valence-corrected chi connectivity index (χ1v) is 6.87. The Hall–Kier alpha value is -1.65. The van der Waals surface area contributed by atoms with Gasteiger partial charge >= 0.3 is 5.97 Å². The van der Waals surface area contributed by atoms with E-state index in [4.69, 9.17) is 0 Å². The minimum absolute atomic E-state index is 0.244. The van der Waals surface area contributed by atoms with E-state index in [1.807, 2.05) is 0 Å². The fourth-order valence-electron chi connectivity index (χ4n) is 2.54. The van der Waals surface area contributed by atoms with Gasteiger partial charge in [-0.25, -0.2) is 9.78 Å². The predicted octanol–water partition coefficient (Wildman–Crippen LogP) is 2.64. The highest BCUT2D eigenvalue weighted by molar-refractivity contribution is 5.87. The van der Waals surface area contributed by atoms with Crippen molar-refractivity contribution in [1.29, 1.82) is 0 Å². The number of methoxy groups -OCH3 is 1. The van der Waals surface area contributed by atoms with E-state index in [2.05, 4.69) is 26.9 Å². The first kappa shape index (κ1) is 13.8. The molecular formula is C14H21N3O2. The molecule has 1 N–H and O–H groups in total. The molecule has 2 unspecified atom stereocenters. The third-order valence-electron chi connectivity index (χ3n) is 3.72. The second kappa shape index (κ2) is 6.50. The number of carbonyl (C=O) groups excluding carboxylic acids is 1. The molecule has 0 aliphatic heterocycles. The van der Waals surface area contributed by atoms with Crippen molar-refractivity contribution in [2.45, 2.75) is 45.1 Å². The third-order valence-corrected chi connectivity index (χ3v) is 3.72. The summed E-state index contributed by atoms with van der Waals surface area (Å²) in [6, 6.07) is 0.407. The SMILES string of the molecule is COC(=O)c1cncc(NC2CCCCCC2C)n1. The minimum atomic E-state index is -0.454. The molecule has 1 aromatic heterocycles. The lowest BCUT2D eigenvalue weighted by Crippen LogP contribution is -2.27. The number of aromatic nitrogens is 2. The van der Waals surface area contributed by atoms with Crippen LogP contribution < -0.4 is 5.32 Å². The van der Waals surface area contributed by atoms with Crippen molar-refractivity contribution in [3.8, 4) is 0 Å². The van der Waals surface area contributed by atoms with Gasteiger partial charge in [-0.2, -0.15) is 0 Å². The second-order valence-electron chi connectivity index (χ2n) is 5.15. The quantitative estimate of drug-likeness (QED) is 0.671. The lowest BCUT2D eigenvalue weighted by molar-refractivity contribution is 0.0593. The van der Waals surface area contributed by atoms with Crippen LogP contribution >= 0.6 is 0 Å². The molecule has 0 bridgehead atoms. The summed E-state index contributed by atoms with van der Waals surface area (Å²) >= 11 is 0. The molecule has 2 rings (SSSR count). The highest BCUT2D eigenvalue weighted by Crippen LogP contribution is 2.25. The smallest absolute Gasteiger partial charge is 0.358 e. The number of carbonyl (C=O) groups is 1. The zero-order chi connectivity index (χ0) is 13.7. The molecule has 5 nitrogen and oxygen atoms in total. The number of hydrogen-bond acceptors (Lipinski definition) is 5. The van der Waals surface area contributed by atoms with Crippen molar-refractivity contribution >= 4 is 11.8 Å². The molecule has 1 aliphatic carbocycles. The fourth-order valence-corrected chi connectivity index (χ4v) is 2.54. The van der Waals surface area contributed by atoms with Gasteiger partial charge in [-0.1, -0.05) is 26.2 Å². The largest absolute Gasteiger partial charge is 0.464 e. The molecule has 0 saturated heterocycles. The van der Waals surface area contributed by atoms with E-state index in [1.165, 1.54) is 39.0 Å². The van der Waals surface area contributed by atoms with Gasteiger partial charge in [-0.05, 0) is 18.8 Å². The number of rotatable bonds is 3. The Bertz CT molecular complexity index is 436. The molecule has 1 aliphatic rings. The van der Waals surface area contributed by atoms with E-state index in [0.717, 1.165) is 6.42 Å². The number of hydrogen-bond donors (Lipinski definition) is 1. The van der Waals surface area contributed by atoms with Crippen LogP contribution in [0.2, 0.25) is 0 Å². The van der Waals surface area contributed by atoms with Gasteiger partial charge in [-0.3, -0.25) is 4.98 Å². The average molecular weight is 263 g/mol. The van der Waals surface area contributed by atoms with Crippen molar-refractivity contribution < 1.29 is 9.53 Å². The highest BCUT2D eigenvalue weighted by Gasteiger charge is 2.20. The zero-order valence-corrected chi connectivity index (χ0v) is 11.6. The maximum absolute atomic E-state index is 11.4. The van der Waals surface area contributed by atoms with E-state index < -0.39 is 5.97 Å². The van der Waals surface area contributed by atoms with Crippen molar-refractivity contribution in [3.05, 3.63) is 18.1 Å². The van der Waals surface area contributed by atoms with E-state index in [-0.39, 0.29) is 5.69 Å². The molecule has 2 atom stereocenters. The summed E-state index contributed by atoms with van der Waals surface area (Å²) in [7, 11) is 1.34. The Labute approximate surface area is 113 Å². The molecule has 0 aromatic carbocycles. The Morgan fingerprint density at radius 1 is 1.32 bits per heavy atom. The van der Waals surface area contributed by atoms with Crippen LogP contribution in [0, 0.1) is 5.92 Å². The standard InChI is InChI=1S/C14H21N3O2/c1-10-6-4-3-5-7-11(10)16-13-9-15-8-12(17-13)14(18)19-2/h8-11H,3-7H2,1-2H3,(H,16,17). The molecule has 1 saturated carbocycles. The Balaban J connectivity index is 2.07. The van der Waals surface area contributed by atoms with E-state index in [0.29, 0.717) is 17.8 Å². The van der Waals surface area contributed by atoms with Crippen LogP contribution in [0.15, 0.2) is 12.4 Å². The third kappa shape index (κ3) is 3.66. The Morgan fingerprint density at radius 3 is 2.89 bits per heavy atom.